The molecule has 1 aliphatic rings. The van der Waals surface area contributed by atoms with Gasteiger partial charge < -0.3 is 11.1 Å². The first-order chi connectivity index (χ1) is 8.93. The average Bonchev–Trinajstić information content (AvgIpc) is 2.37. The molecule has 1 aliphatic carbocycles. The minimum absolute atomic E-state index is 0.00969. The molecule has 1 amide bonds. The molecule has 0 aromatic carbocycles. The summed E-state index contributed by atoms with van der Waals surface area (Å²) in [6, 6.07) is 3.81. The van der Waals surface area contributed by atoms with Gasteiger partial charge in [-0.2, -0.15) is 0 Å². The number of nitrogens with zero attached hydrogens (tertiary/aromatic N) is 1. The Balaban J connectivity index is 2.11. The molecule has 3 N–H and O–H groups in total. The normalized spacial score (nSPS) is 29.8. The Labute approximate surface area is 114 Å². The van der Waals surface area contributed by atoms with Crippen LogP contribution in [0.15, 0.2) is 24.5 Å². The number of amides is 1. The van der Waals surface area contributed by atoms with Gasteiger partial charge in [0.25, 0.3) is 0 Å². The van der Waals surface area contributed by atoms with Gasteiger partial charge in [0.2, 0.25) is 5.91 Å². The van der Waals surface area contributed by atoms with Crippen molar-refractivity contribution in [1.82, 2.24) is 4.98 Å². The molecular formula is C15H23N3O. The maximum Gasteiger partial charge on any atom is 0.228 e. The van der Waals surface area contributed by atoms with Crippen LogP contribution in [0.3, 0.4) is 0 Å². The van der Waals surface area contributed by atoms with Crippen molar-refractivity contribution in [3.8, 4) is 0 Å². The van der Waals surface area contributed by atoms with E-state index in [0.717, 1.165) is 18.5 Å². The summed E-state index contributed by atoms with van der Waals surface area (Å²) in [6.45, 7) is 6.44. The lowest BCUT2D eigenvalue weighted by atomic mass is 9.61. The molecule has 104 valence electrons. The van der Waals surface area contributed by atoms with E-state index >= 15 is 0 Å². The summed E-state index contributed by atoms with van der Waals surface area (Å²) in [7, 11) is 0. The van der Waals surface area contributed by atoms with E-state index < -0.39 is 0 Å². The maximum absolute atomic E-state index is 12.5. The summed E-state index contributed by atoms with van der Waals surface area (Å²) in [5.41, 5.74) is 6.86. The number of rotatable bonds is 2. The minimum Gasteiger partial charge on any atom is -0.327 e. The Morgan fingerprint density at radius 2 is 2.00 bits per heavy atom. The van der Waals surface area contributed by atoms with E-state index in [1.54, 1.807) is 12.4 Å². The number of hydrogen-bond donors (Lipinski definition) is 2. The Morgan fingerprint density at radius 3 is 2.63 bits per heavy atom. The summed E-state index contributed by atoms with van der Waals surface area (Å²) >= 11 is 0. The van der Waals surface area contributed by atoms with Crippen molar-refractivity contribution < 1.29 is 4.79 Å². The lowest BCUT2D eigenvalue weighted by Gasteiger charge is -2.46. The van der Waals surface area contributed by atoms with Crippen molar-refractivity contribution >= 4 is 11.6 Å². The van der Waals surface area contributed by atoms with Crippen LogP contribution < -0.4 is 11.1 Å². The second kappa shape index (κ2) is 5.29. The lowest BCUT2D eigenvalue weighted by Crippen LogP contribution is -2.50. The van der Waals surface area contributed by atoms with E-state index in [-0.39, 0.29) is 23.3 Å². The molecule has 0 radical (unpaired) electrons. The van der Waals surface area contributed by atoms with Crippen LogP contribution >= 0.6 is 0 Å². The van der Waals surface area contributed by atoms with Gasteiger partial charge in [-0.3, -0.25) is 9.78 Å². The zero-order valence-electron chi connectivity index (χ0n) is 11.9. The van der Waals surface area contributed by atoms with E-state index in [9.17, 15) is 4.79 Å². The van der Waals surface area contributed by atoms with Gasteiger partial charge in [-0.15, -0.1) is 0 Å². The standard InChI is InChI=1S/C15H23N3O/c1-10-13(16)5-4-12(15(10,2)3)14(19)18-11-6-8-17-9-7-11/h6-10,12-13H,4-5,16H2,1-3H3,(H,17,18,19). The minimum atomic E-state index is -0.0746. The monoisotopic (exact) mass is 261 g/mol. The van der Waals surface area contributed by atoms with Gasteiger partial charge in [0.05, 0.1) is 0 Å². The molecule has 0 saturated heterocycles. The van der Waals surface area contributed by atoms with E-state index in [4.69, 9.17) is 5.73 Å². The third kappa shape index (κ3) is 2.78. The topological polar surface area (TPSA) is 68.0 Å². The average molecular weight is 261 g/mol. The second-order valence-corrected chi connectivity index (χ2v) is 6.13. The maximum atomic E-state index is 12.5. The molecule has 0 bridgehead atoms. The highest BCUT2D eigenvalue weighted by molar-refractivity contribution is 5.93. The number of aromatic nitrogens is 1. The van der Waals surface area contributed by atoms with Gasteiger partial charge in [-0.05, 0) is 36.3 Å². The van der Waals surface area contributed by atoms with Crippen molar-refractivity contribution in [3.05, 3.63) is 24.5 Å². The molecule has 3 unspecified atom stereocenters. The molecular weight excluding hydrogens is 238 g/mol. The summed E-state index contributed by atoms with van der Waals surface area (Å²) in [6.07, 6.45) is 5.13. The van der Waals surface area contributed by atoms with Gasteiger partial charge in [-0.25, -0.2) is 0 Å². The fraction of sp³-hybridized carbons (Fsp3) is 0.600. The first-order valence-electron chi connectivity index (χ1n) is 6.89. The third-order valence-electron chi connectivity index (χ3n) is 4.77. The van der Waals surface area contributed by atoms with Gasteiger partial charge in [0.15, 0.2) is 0 Å². The van der Waals surface area contributed by atoms with Gasteiger partial charge in [-0.1, -0.05) is 20.8 Å². The molecule has 0 aliphatic heterocycles. The number of pyridine rings is 1. The van der Waals surface area contributed by atoms with Crippen molar-refractivity contribution in [3.63, 3.8) is 0 Å². The molecule has 4 nitrogen and oxygen atoms in total. The van der Waals surface area contributed by atoms with Crippen LogP contribution in [-0.4, -0.2) is 16.9 Å². The highest BCUT2D eigenvalue weighted by Gasteiger charge is 2.44. The largest absolute Gasteiger partial charge is 0.327 e. The number of carbonyl (C=O) groups is 1. The molecule has 4 heteroatoms. The zero-order valence-corrected chi connectivity index (χ0v) is 11.9. The Bertz CT molecular complexity index is 444. The summed E-state index contributed by atoms with van der Waals surface area (Å²) < 4.78 is 0. The first kappa shape index (κ1) is 14.0. The van der Waals surface area contributed by atoms with Crippen LogP contribution in [-0.2, 0) is 4.79 Å². The van der Waals surface area contributed by atoms with Crippen molar-refractivity contribution in [1.29, 1.82) is 0 Å². The highest BCUT2D eigenvalue weighted by Crippen LogP contribution is 2.44. The predicted octanol–water partition coefficient (Wildman–Crippen LogP) is 2.42. The SMILES string of the molecule is CC1C(N)CCC(C(=O)Nc2ccncc2)C1(C)C. The van der Waals surface area contributed by atoms with Gasteiger partial charge in [0, 0.05) is 30.0 Å². The van der Waals surface area contributed by atoms with E-state index in [0.29, 0.717) is 5.92 Å². The van der Waals surface area contributed by atoms with Crippen LogP contribution in [0.25, 0.3) is 0 Å². The first-order valence-corrected chi connectivity index (χ1v) is 6.89. The molecule has 1 heterocycles. The number of nitrogens with two attached hydrogens (primary N) is 1. The molecule has 1 aromatic heterocycles. The van der Waals surface area contributed by atoms with Crippen molar-refractivity contribution in [2.75, 3.05) is 5.32 Å². The molecule has 2 rings (SSSR count). The van der Waals surface area contributed by atoms with Gasteiger partial charge in [0.1, 0.15) is 0 Å². The van der Waals surface area contributed by atoms with Crippen LogP contribution in [0.4, 0.5) is 5.69 Å². The molecule has 1 saturated carbocycles. The third-order valence-corrected chi connectivity index (χ3v) is 4.77. The number of carbonyl (C=O) groups excluding carboxylic acids is 1. The zero-order chi connectivity index (χ0) is 14.0. The van der Waals surface area contributed by atoms with Crippen molar-refractivity contribution in [2.45, 2.75) is 39.7 Å². The highest BCUT2D eigenvalue weighted by atomic mass is 16.1. The van der Waals surface area contributed by atoms with E-state index in [2.05, 4.69) is 31.1 Å². The molecule has 0 spiro atoms. The number of anilines is 1. The van der Waals surface area contributed by atoms with Crippen LogP contribution in [0.2, 0.25) is 0 Å². The lowest BCUT2D eigenvalue weighted by molar-refractivity contribution is -0.127. The van der Waals surface area contributed by atoms with E-state index in [1.165, 1.54) is 0 Å². The Hall–Kier alpha value is -1.42. The number of nitrogens with one attached hydrogen (secondary N) is 1. The fourth-order valence-electron chi connectivity index (χ4n) is 2.98. The van der Waals surface area contributed by atoms with Crippen LogP contribution in [0, 0.1) is 17.3 Å². The molecule has 1 fully saturated rings. The summed E-state index contributed by atoms with van der Waals surface area (Å²) in [5, 5.41) is 2.98. The second-order valence-electron chi connectivity index (χ2n) is 6.13. The van der Waals surface area contributed by atoms with Crippen LogP contribution in [0.5, 0.6) is 0 Å². The summed E-state index contributed by atoms with van der Waals surface area (Å²) in [5.74, 6) is 0.444. The molecule has 1 aromatic rings. The Kier molecular flexibility index (Phi) is 3.90. The smallest absolute Gasteiger partial charge is 0.228 e. The Morgan fingerprint density at radius 1 is 1.37 bits per heavy atom. The van der Waals surface area contributed by atoms with Gasteiger partial charge >= 0.3 is 0 Å². The predicted molar refractivity (Wildman–Crippen MR) is 76.5 cm³/mol. The van der Waals surface area contributed by atoms with E-state index in [1.807, 2.05) is 12.1 Å². The molecule has 3 atom stereocenters. The molecule has 19 heavy (non-hydrogen) atoms. The fourth-order valence-corrected chi connectivity index (χ4v) is 2.98. The number of hydrogen-bond acceptors (Lipinski definition) is 3. The quantitative estimate of drug-likeness (QED) is 0.859. The summed E-state index contributed by atoms with van der Waals surface area (Å²) in [4.78, 5) is 16.4. The van der Waals surface area contributed by atoms with Crippen LogP contribution in [0.1, 0.15) is 33.6 Å². The van der Waals surface area contributed by atoms with Crippen molar-refractivity contribution in [2.24, 2.45) is 23.0 Å².